The molecule has 0 spiro atoms. The first kappa shape index (κ1) is 13.5. The molecule has 1 aromatic heterocycles. The van der Waals surface area contributed by atoms with Crippen molar-refractivity contribution in [2.45, 2.75) is 64.0 Å². The molecule has 18 heavy (non-hydrogen) atoms. The van der Waals surface area contributed by atoms with Crippen LogP contribution in [0, 0.1) is 6.92 Å². The third kappa shape index (κ3) is 2.90. The predicted octanol–water partition coefficient (Wildman–Crippen LogP) is 1.76. The Balaban J connectivity index is 1.73. The molecule has 2 rings (SSSR count). The van der Waals surface area contributed by atoms with E-state index in [2.05, 4.69) is 15.5 Å². The third-order valence-electron chi connectivity index (χ3n) is 4.07. The Morgan fingerprint density at radius 3 is 2.56 bits per heavy atom. The Morgan fingerprint density at radius 2 is 2.06 bits per heavy atom. The SMILES string of the molecule is CCC(O)(CC)CNC1CC(c2nc(C)no2)C1. The van der Waals surface area contributed by atoms with E-state index >= 15 is 0 Å². The van der Waals surface area contributed by atoms with Crippen LogP contribution in [-0.2, 0) is 0 Å². The molecule has 2 N–H and O–H groups in total. The minimum Gasteiger partial charge on any atom is -0.389 e. The highest BCUT2D eigenvalue weighted by Crippen LogP contribution is 2.36. The first-order valence-corrected chi connectivity index (χ1v) is 6.82. The zero-order valence-corrected chi connectivity index (χ0v) is 11.4. The molecule has 0 bridgehead atoms. The molecule has 0 amide bonds. The van der Waals surface area contributed by atoms with Crippen LogP contribution in [0.25, 0.3) is 0 Å². The quantitative estimate of drug-likeness (QED) is 0.808. The van der Waals surface area contributed by atoms with Gasteiger partial charge in [0.15, 0.2) is 5.82 Å². The maximum Gasteiger partial charge on any atom is 0.229 e. The summed E-state index contributed by atoms with van der Waals surface area (Å²) in [6.45, 7) is 6.55. The van der Waals surface area contributed by atoms with Gasteiger partial charge in [0.1, 0.15) is 0 Å². The van der Waals surface area contributed by atoms with E-state index < -0.39 is 5.60 Å². The molecule has 0 saturated heterocycles. The molecule has 102 valence electrons. The van der Waals surface area contributed by atoms with Gasteiger partial charge in [0.2, 0.25) is 5.89 Å². The predicted molar refractivity (Wildman–Crippen MR) is 68.3 cm³/mol. The molecule has 5 heteroatoms. The maximum atomic E-state index is 10.2. The summed E-state index contributed by atoms with van der Waals surface area (Å²) in [6, 6.07) is 0.465. The molecule has 1 fully saturated rings. The Bertz CT molecular complexity index is 381. The van der Waals surface area contributed by atoms with Crippen molar-refractivity contribution in [1.82, 2.24) is 15.5 Å². The molecule has 1 saturated carbocycles. The molecule has 1 aromatic rings. The number of hydrogen-bond acceptors (Lipinski definition) is 5. The van der Waals surface area contributed by atoms with Crippen LogP contribution in [0.3, 0.4) is 0 Å². The fourth-order valence-corrected chi connectivity index (χ4v) is 2.30. The van der Waals surface area contributed by atoms with Crippen molar-refractivity contribution < 1.29 is 9.63 Å². The van der Waals surface area contributed by atoms with Gasteiger partial charge in [-0.25, -0.2) is 0 Å². The van der Waals surface area contributed by atoms with Crippen molar-refractivity contribution in [1.29, 1.82) is 0 Å². The number of nitrogens with zero attached hydrogens (tertiary/aromatic N) is 2. The van der Waals surface area contributed by atoms with Crippen LogP contribution in [0.2, 0.25) is 0 Å². The fraction of sp³-hybridized carbons (Fsp3) is 0.846. The van der Waals surface area contributed by atoms with Crippen molar-refractivity contribution in [3.8, 4) is 0 Å². The van der Waals surface area contributed by atoms with Crippen LogP contribution in [0.15, 0.2) is 4.52 Å². The van der Waals surface area contributed by atoms with Crippen molar-refractivity contribution >= 4 is 0 Å². The fourth-order valence-electron chi connectivity index (χ4n) is 2.30. The zero-order chi connectivity index (χ0) is 13.2. The Morgan fingerprint density at radius 1 is 1.39 bits per heavy atom. The zero-order valence-electron chi connectivity index (χ0n) is 11.4. The highest BCUT2D eigenvalue weighted by Gasteiger charge is 2.35. The van der Waals surface area contributed by atoms with Crippen molar-refractivity contribution in [2.24, 2.45) is 0 Å². The summed E-state index contributed by atoms with van der Waals surface area (Å²) in [5.41, 5.74) is -0.563. The molecule has 0 atom stereocenters. The molecule has 1 heterocycles. The van der Waals surface area contributed by atoms with Crippen molar-refractivity contribution in [3.63, 3.8) is 0 Å². The van der Waals surface area contributed by atoms with E-state index in [1.807, 2.05) is 20.8 Å². The van der Waals surface area contributed by atoms with Crippen molar-refractivity contribution in [3.05, 3.63) is 11.7 Å². The average molecular weight is 253 g/mol. The highest BCUT2D eigenvalue weighted by atomic mass is 16.5. The van der Waals surface area contributed by atoms with E-state index in [1.54, 1.807) is 0 Å². The maximum absolute atomic E-state index is 10.2. The standard InChI is InChI=1S/C13H23N3O2/c1-4-13(17,5-2)8-14-11-6-10(7-11)12-15-9(3)16-18-12/h10-11,14,17H,4-8H2,1-3H3. The summed E-state index contributed by atoms with van der Waals surface area (Å²) in [5, 5.41) is 17.4. The molecule has 0 aliphatic heterocycles. The van der Waals surface area contributed by atoms with Gasteiger partial charge in [0, 0.05) is 18.5 Å². The second-order valence-corrected chi connectivity index (χ2v) is 5.36. The van der Waals surface area contributed by atoms with Gasteiger partial charge in [-0.3, -0.25) is 0 Å². The Kier molecular flexibility index (Phi) is 4.02. The molecule has 0 aromatic carbocycles. The van der Waals surface area contributed by atoms with Gasteiger partial charge in [-0.05, 0) is 32.6 Å². The van der Waals surface area contributed by atoms with Gasteiger partial charge < -0.3 is 14.9 Å². The number of aliphatic hydroxyl groups is 1. The smallest absolute Gasteiger partial charge is 0.229 e. The highest BCUT2D eigenvalue weighted by molar-refractivity contribution is 5.03. The summed E-state index contributed by atoms with van der Waals surface area (Å²) in [7, 11) is 0. The van der Waals surface area contributed by atoms with Crippen LogP contribution in [-0.4, -0.2) is 33.4 Å². The van der Waals surface area contributed by atoms with Gasteiger partial charge in [0.25, 0.3) is 0 Å². The molecule has 1 aliphatic rings. The molecular weight excluding hydrogens is 230 g/mol. The lowest BCUT2D eigenvalue weighted by atomic mass is 9.79. The van der Waals surface area contributed by atoms with Crippen LogP contribution < -0.4 is 5.32 Å². The summed E-state index contributed by atoms with van der Waals surface area (Å²) in [4.78, 5) is 4.25. The second-order valence-electron chi connectivity index (χ2n) is 5.36. The van der Waals surface area contributed by atoms with Gasteiger partial charge >= 0.3 is 0 Å². The Hall–Kier alpha value is -0.940. The normalized spacial score (nSPS) is 24.0. The van der Waals surface area contributed by atoms with E-state index in [0.29, 0.717) is 24.3 Å². The molecule has 1 aliphatic carbocycles. The van der Waals surface area contributed by atoms with E-state index in [1.165, 1.54) is 0 Å². The Labute approximate surface area is 108 Å². The first-order chi connectivity index (χ1) is 8.56. The minimum atomic E-state index is -0.563. The topological polar surface area (TPSA) is 71.2 Å². The lowest BCUT2D eigenvalue weighted by Crippen LogP contribution is -2.48. The van der Waals surface area contributed by atoms with E-state index in [-0.39, 0.29) is 0 Å². The second kappa shape index (κ2) is 5.36. The van der Waals surface area contributed by atoms with E-state index in [0.717, 1.165) is 31.6 Å². The summed E-state index contributed by atoms with van der Waals surface area (Å²) >= 11 is 0. The number of aryl methyl sites for hydroxylation is 1. The lowest BCUT2D eigenvalue weighted by Gasteiger charge is -2.36. The average Bonchev–Trinajstić information content (AvgIpc) is 2.73. The van der Waals surface area contributed by atoms with Gasteiger partial charge in [-0.1, -0.05) is 19.0 Å². The number of nitrogens with one attached hydrogen (secondary N) is 1. The largest absolute Gasteiger partial charge is 0.389 e. The van der Waals surface area contributed by atoms with Gasteiger partial charge in [0.05, 0.1) is 5.60 Å². The van der Waals surface area contributed by atoms with Gasteiger partial charge in [-0.2, -0.15) is 4.98 Å². The van der Waals surface area contributed by atoms with Crippen LogP contribution in [0.4, 0.5) is 0 Å². The summed E-state index contributed by atoms with van der Waals surface area (Å²) < 4.78 is 5.17. The summed E-state index contributed by atoms with van der Waals surface area (Å²) in [5.74, 6) is 1.85. The molecule has 5 nitrogen and oxygen atoms in total. The van der Waals surface area contributed by atoms with Crippen LogP contribution in [0.5, 0.6) is 0 Å². The first-order valence-electron chi connectivity index (χ1n) is 6.82. The van der Waals surface area contributed by atoms with Gasteiger partial charge in [-0.15, -0.1) is 0 Å². The van der Waals surface area contributed by atoms with E-state index in [4.69, 9.17) is 4.52 Å². The number of hydrogen-bond donors (Lipinski definition) is 2. The number of rotatable bonds is 6. The molecular formula is C13H23N3O2. The van der Waals surface area contributed by atoms with Crippen LogP contribution in [0.1, 0.15) is 57.2 Å². The molecule has 0 unspecified atom stereocenters. The minimum absolute atomic E-state index is 0.389. The lowest BCUT2D eigenvalue weighted by molar-refractivity contribution is 0.0255. The number of aromatic nitrogens is 2. The van der Waals surface area contributed by atoms with Crippen LogP contribution >= 0.6 is 0 Å². The third-order valence-corrected chi connectivity index (χ3v) is 4.07. The van der Waals surface area contributed by atoms with E-state index in [9.17, 15) is 5.11 Å². The van der Waals surface area contributed by atoms with Crippen molar-refractivity contribution in [2.75, 3.05) is 6.54 Å². The monoisotopic (exact) mass is 253 g/mol. The summed E-state index contributed by atoms with van der Waals surface area (Å²) in [6.07, 6.45) is 3.61. The molecule has 0 radical (unpaired) electrons.